The third-order valence-corrected chi connectivity index (χ3v) is 8.00. The van der Waals surface area contributed by atoms with E-state index in [9.17, 15) is 40.3 Å². The molecule has 2 aliphatic heterocycles. The van der Waals surface area contributed by atoms with Gasteiger partial charge in [-0.15, -0.1) is 11.3 Å². The fraction of sp³-hybridized carbons (Fsp3) is 0.600. The summed E-state index contributed by atoms with van der Waals surface area (Å²) in [5, 5.41) is 4.58. The first-order valence-electron chi connectivity index (χ1n) is 12.9. The number of amides is 2. The van der Waals surface area contributed by atoms with Gasteiger partial charge in [-0.3, -0.25) is 9.59 Å². The molecule has 0 bridgehead atoms. The van der Waals surface area contributed by atoms with Crippen molar-refractivity contribution in [2.24, 2.45) is 0 Å². The lowest BCUT2D eigenvalue weighted by atomic mass is 10.1. The summed E-state index contributed by atoms with van der Waals surface area (Å²) in [6.07, 6.45) is -7.01. The van der Waals surface area contributed by atoms with Crippen molar-refractivity contribution in [2.45, 2.75) is 76.2 Å². The van der Waals surface area contributed by atoms with E-state index in [1.54, 1.807) is 0 Å². The molecule has 1 unspecified atom stereocenters. The molecule has 0 saturated carbocycles. The lowest BCUT2D eigenvalue weighted by Gasteiger charge is -2.22. The van der Waals surface area contributed by atoms with Crippen LogP contribution in [-0.2, 0) is 4.74 Å². The summed E-state index contributed by atoms with van der Waals surface area (Å²) in [6, 6.07) is -2.48. The van der Waals surface area contributed by atoms with Crippen molar-refractivity contribution in [3.05, 3.63) is 28.5 Å². The van der Waals surface area contributed by atoms with Crippen molar-refractivity contribution in [1.82, 2.24) is 20.2 Å². The van der Waals surface area contributed by atoms with Crippen molar-refractivity contribution >= 4 is 29.0 Å². The second-order valence-corrected chi connectivity index (χ2v) is 11.0. The Kier molecular flexibility index (Phi) is 9.11. The monoisotopic (exact) mass is 611 g/mol. The van der Waals surface area contributed by atoms with E-state index < -0.39 is 78.9 Å². The van der Waals surface area contributed by atoms with Gasteiger partial charge in [-0.1, -0.05) is 6.92 Å². The lowest BCUT2D eigenvalue weighted by molar-refractivity contribution is -0.142. The van der Waals surface area contributed by atoms with Crippen LogP contribution < -0.4 is 10.6 Å². The minimum atomic E-state index is -4.67. The van der Waals surface area contributed by atoms with Gasteiger partial charge in [0.25, 0.3) is 24.2 Å². The van der Waals surface area contributed by atoms with E-state index in [1.165, 1.54) is 13.8 Å². The van der Waals surface area contributed by atoms with Gasteiger partial charge in [-0.2, -0.15) is 13.2 Å². The van der Waals surface area contributed by atoms with Crippen LogP contribution in [0.4, 0.5) is 36.6 Å². The molecule has 4 heterocycles. The molecule has 2 amide bonds. The van der Waals surface area contributed by atoms with Gasteiger partial charge in [0.1, 0.15) is 17.6 Å². The number of carbonyl (C=O) groups excluding carboxylic acids is 2. The SMILES string of the molecule is CCC(Nc1cc(C(F)F)c(-c2sc(C(=O)NC3CCOCC3)nc2C(=O)N2CC(F)(F)C[C@@H]2C)cn1)C(F)(F)F. The molecular weight excluding hydrogens is 583 g/mol. The number of carbonyl (C=O) groups is 2. The quantitative estimate of drug-likeness (QED) is 0.374. The average molecular weight is 612 g/mol. The number of anilines is 1. The van der Waals surface area contributed by atoms with Crippen LogP contribution in [-0.4, -0.2) is 76.7 Å². The van der Waals surface area contributed by atoms with Crippen LogP contribution in [0, 0.1) is 0 Å². The third-order valence-electron chi connectivity index (χ3n) is 6.91. The number of nitrogens with one attached hydrogen (secondary N) is 2. The molecule has 2 N–H and O–H groups in total. The first-order chi connectivity index (χ1) is 19.2. The summed E-state index contributed by atoms with van der Waals surface area (Å²) in [6.45, 7) is 2.57. The van der Waals surface area contributed by atoms with E-state index in [0.29, 0.717) is 37.4 Å². The molecule has 8 nitrogen and oxygen atoms in total. The van der Waals surface area contributed by atoms with Gasteiger partial charge in [0.05, 0.1) is 11.4 Å². The summed E-state index contributed by atoms with van der Waals surface area (Å²) >= 11 is 0.594. The molecule has 0 aliphatic carbocycles. The molecule has 2 atom stereocenters. The topological polar surface area (TPSA) is 96.4 Å². The summed E-state index contributed by atoms with van der Waals surface area (Å²) in [7, 11) is 0. The summed E-state index contributed by atoms with van der Waals surface area (Å²) in [5.41, 5.74) is -1.62. The highest BCUT2D eigenvalue weighted by atomic mass is 32.1. The normalized spacial score (nSPS) is 20.3. The Morgan fingerprint density at radius 2 is 1.93 bits per heavy atom. The number of likely N-dealkylation sites (tertiary alicyclic amines) is 1. The van der Waals surface area contributed by atoms with Gasteiger partial charge in [0, 0.05) is 49.0 Å². The number of pyridine rings is 1. The zero-order valence-corrected chi connectivity index (χ0v) is 22.9. The predicted octanol–water partition coefficient (Wildman–Crippen LogP) is 5.67. The van der Waals surface area contributed by atoms with Crippen LogP contribution in [0.5, 0.6) is 0 Å². The third kappa shape index (κ3) is 7.08. The molecule has 2 aromatic heterocycles. The molecule has 226 valence electrons. The minimum Gasteiger partial charge on any atom is -0.381 e. The molecule has 16 heteroatoms. The van der Waals surface area contributed by atoms with Crippen molar-refractivity contribution in [2.75, 3.05) is 25.1 Å². The van der Waals surface area contributed by atoms with Crippen LogP contribution in [0.25, 0.3) is 10.4 Å². The molecule has 2 fully saturated rings. The van der Waals surface area contributed by atoms with Gasteiger partial charge < -0.3 is 20.3 Å². The molecule has 41 heavy (non-hydrogen) atoms. The Labute approximate surface area is 234 Å². The standard InChI is InChI=1S/C25H28F7N5O3S/c1-3-16(25(30,31)32)35-17-8-14(20(26)27)15(10-33-17)19-18(23(39)37-11-24(28,29)9-12(37)2)36-22(41-19)21(38)34-13-4-6-40-7-5-13/h8,10,12-13,16,20H,3-7,9,11H2,1-2H3,(H,33,35)(H,34,38)/t12-,16?/m0/s1. The van der Waals surface area contributed by atoms with Gasteiger partial charge in [-0.05, 0) is 32.3 Å². The van der Waals surface area contributed by atoms with E-state index in [4.69, 9.17) is 4.74 Å². The van der Waals surface area contributed by atoms with E-state index >= 15 is 0 Å². The fourth-order valence-corrected chi connectivity index (χ4v) is 5.76. The first kappa shape index (κ1) is 30.9. The number of thiazole rings is 1. The Morgan fingerprint density at radius 3 is 2.49 bits per heavy atom. The summed E-state index contributed by atoms with van der Waals surface area (Å²) in [5.74, 6) is -5.33. The summed E-state index contributed by atoms with van der Waals surface area (Å²) < 4.78 is 102. The Hall–Kier alpha value is -3.01. The summed E-state index contributed by atoms with van der Waals surface area (Å²) in [4.78, 5) is 35.1. The molecular formula is C25H28F7N5O3S. The molecule has 0 radical (unpaired) electrons. The van der Waals surface area contributed by atoms with Crippen molar-refractivity contribution < 1.29 is 45.1 Å². The van der Waals surface area contributed by atoms with E-state index in [0.717, 1.165) is 17.2 Å². The number of hydrogen-bond acceptors (Lipinski definition) is 7. The van der Waals surface area contributed by atoms with Crippen molar-refractivity contribution in [3.63, 3.8) is 0 Å². The molecule has 4 rings (SSSR count). The van der Waals surface area contributed by atoms with Crippen molar-refractivity contribution in [3.8, 4) is 10.4 Å². The average Bonchev–Trinajstić information content (AvgIpc) is 3.46. The number of rotatable bonds is 8. The molecule has 0 aromatic carbocycles. The van der Waals surface area contributed by atoms with Crippen molar-refractivity contribution in [1.29, 1.82) is 0 Å². The largest absolute Gasteiger partial charge is 0.408 e. The zero-order valence-electron chi connectivity index (χ0n) is 22.0. The molecule has 2 saturated heterocycles. The number of hydrogen-bond donors (Lipinski definition) is 2. The Balaban J connectivity index is 1.75. The van der Waals surface area contributed by atoms with Gasteiger partial charge >= 0.3 is 6.18 Å². The smallest absolute Gasteiger partial charge is 0.381 e. The van der Waals surface area contributed by atoms with Crippen LogP contribution >= 0.6 is 11.3 Å². The van der Waals surface area contributed by atoms with E-state index in [1.807, 2.05) is 0 Å². The van der Waals surface area contributed by atoms with Gasteiger partial charge in [-0.25, -0.2) is 27.5 Å². The van der Waals surface area contributed by atoms with Crippen LogP contribution in [0.2, 0.25) is 0 Å². The second-order valence-electron chi connectivity index (χ2n) is 10.0. The maximum Gasteiger partial charge on any atom is 0.408 e. The lowest BCUT2D eigenvalue weighted by Crippen LogP contribution is -2.39. The van der Waals surface area contributed by atoms with Gasteiger partial charge in [0.2, 0.25) is 0 Å². The number of halogens is 7. The zero-order chi connectivity index (χ0) is 30.1. The number of aromatic nitrogens is 2. The molecule has 2 aliphatic rings. The fourth-order valence-electron chi connectivity index (χ4n) is 4.77. The van der Waals surface area contributed by atoms with E-state index in [-0.39, 0.29) is 21.5 Å². The van der Waals surface area contributed by atoms with Crippen LogP contribution in [0.3, 0.4) is 0 Å². The van der Waals surface area contributed by atoms with Gasteiger partial charge in [0.15, 0.2) is 5.01 Å². The second kappa shape index (κ2) is 12.1. The Morgan fingerprint density at radius 1 is 1.24 bits per heavy atom. The van der Waals surface area contributed by atoms with Crippen LogP contribution in [0.1, 0.15) is 71.8 Å². The Bertz CT molecular complexity index is 1270. The number of ether oxygens (including phenoxy) is 1. The maximum absolute atomic E-state index is 14.2. The maximum atomic E-state index is 14.2. The predicted molar refractivity (Wildman–Crippen MR) is 135 cm³/mol. The highest BCUT2D eigenvalue weighted by Crippen LogP contribution is 2.40. The van der Waals surface area contributed by atoms with Crippen LogP contribution in [0.15, 0.2) is 12.3 Å². The first-order valence-corrected chi connectivity index (χ1v) is 13.7. The highest BCUT2D eigenvalue weighted by molar-refractivity contribution is 7.17. The van der Waals surface area contributed by atoms with E-state index in [2.05, 4.69) is 20.6 Å². The highest BCUT2D eigenvalue weighted by Gasteiger charge is 2.46. The number of nitrogens with zero attached hydrogens (tertiary/aromatic N) is 3. The molecule has 0 spiro atoms. The number of alkyl halides is 7. The minimum absolute atomic E-state index is 0.230. The molecule has 2 aromatic rings.